The van der Waals surface area contributed by atoms with Crippen molar-refractivity contribution in [2.75, 3.05) is 4.72 Å². The number of aryl methyl sites for hydroxylation is 1. The lowest BCUT2D eigenvalue weighted by atomic mass is 10.1. The Hall–Kier alpha value is -2.48. The summed E-state index contributed by atoms with van der Waals surface area (Å²) in [4.78, 5) is 18.0. The summed E-state index contributed by atoms with van der Waals surface area (Å²) in [5.41, 5.74) is 1.03. The van der Waals surface area contributed by atoms with Gasteiger partial charge in [0.25, 0.3) is 10.0 Å². The van der Waals surface area contributed by atoms with E-state index in [9.17, 15) is 13.2 Å². The summed E-state index contributed by atoms with van der Waals surface area (Å²) < 4.78 is 26.6. The van der Waals surface area contributed by atoms with Gasteiger partial charge in [-0.15, -0.1) is 0 Å². The van der Waals surface area contributed by atoms with E-state index in [0.29, 0.717) is 6.42 Å². The Bertz CT molecular complexity index is 715. The number of aromatic nitrogens is 2. The molecule has 2 aromatic rings. The van der Waals surface area contributed by atoms with Crippen LogP contribution in [0.3, 0.4) is 0 Å². The number of nitrogens with zero attached hydrogens (tertiary/aromatic N) is 2. The van der Waals surface area contributed by atoms with Gasteiger partial charge >= 0.3 is 5.97 Å². The number of hydrogen-bond acceptors (Lipinski definition) is 5. The number of carbonyl (C=O) groups is 1. The molecule has 8 heteroatoms. The van der Waals surface area contributed by atoms with Gasteiger partial charge in [-0.1, -0.05) is 12.1 Å². The van der Waals surface area contributed by atoms with E-state index in [-0.39, 0.29) is 17.0 Å². The van der Waals surface area contributed by atoms with Crippen molar-refractivity contribution in [1.82, 2.24) is 9.97 Å². The van der Waals surface area contributed by atoms with Gasteiger partial charge < -0.3 is 5.11 Å². The van der Waals surface area contributed by atoms with E-state index in [1.54, 1.807) is 12.1 Å². The Kier molecular flexibility index (Phi) is 4.49. The van der Waals surface area contributed by atoms with Crippen molar-refractivity contribution in [2.24, 2.45) is 0 Å². The molecule has 0 atom stereocenters. The molecule has 110 valence electrons. The maximum atomic E-state index is 12.1. The van der Waals surface area contributed by atoms with Crippen LogP contribution in [0.4, 0.5) is 5.69 Å². The third-order valence-corrected chi connectivity index (χ3v) is 4.07. The highest BCUT2D eigenvalue weighted by Gasteiger charge is 2.14. The molecule has 0 unspecified atom stereocenters. The zero-order chi connectivity index (χ0) is 15.3. The number of aliphatic carboxylic acids is 1. The van der Waals surface area contributed by atoms with E-state index in [4.69, 9.17) is 5.11 Å². The van der Waals surface area contributed by atoms with Crippen LogP contribution >= 0.6 is 0 Å². The molecule has 0 saturated carbocycles. The molecular formula is C13H13N3O4S. The zero-order valence-electron chi connectivity index (χ0n) is 10.9. The maximum absolute atomic E-state index is 12.1. The Labute approximate surface area is 121 Å². The van der Waals surface area contributed by atoms with Gasteiger partial charge in [0.1, 0.15) is 6.33 Å². The smallest absolute Gasteiger partial charge is 0.303 e. The molecule has 21 heavy (non-hydrogen) atoms. The van der Waals surface area contributed by atoms with Crippen molar-refractivity contribution in [1.29, 1.82) is 0 Å². The minimum atomic E-state index is -3.71. The van der Waals surface area contributed by atoms with E-state index < -0.39 is 16.0 Å². The first-order valence-corrected chi connectivity index (χ1v) is 7.54. The molecule has 1 heterocycles. The second kappa shape index (κ2) is 6.31. The number of benzene rings is 1. The number of carboxylic acid groups (broad SMARTS) is 1. The monoisotopic (exact) mass is 307 g/mol. The van der Waals surface area contributed by atoms with Crippen LogP contribution in [0.15, 0.2) is 47.9 Å². The predicted octanol–water partition coefficient (Wildman–Crippen LogP) is 1.29. The first-order valence-electron chi connectivity index (χ1n) is 6.06. The van der Waals surface area contributed by atoms with Crippen LogP contribution in [0.1, 0.15) is 12.0 Å². The summed E-state index contributed by atoms with van der Waals surface area (Å²) >= 11 is 0. The molecule has 1 aromatic carbocycles. The lowest BCUT2D eigenvalue weighted by Crippen LogP contribution is -2.13. The van der Waals surface area contributed by atoms with Gasteiger partial charge in [-0.05, 0) is 24.1 Å². The van der Waals surface area contributed by atoms with Gasteiger partial charge in [-0.3, -0.25) is 9.52 Å². The summed E-state index contributed by atoms with van der Waals surface area (Å²) in [5.74, 6) is -0.891. The number of rotatable bonds is 6. The van der Waals surface area contributed by atoms with Crippen molar-refractivity contribution in [2.45, 2.75) is 17.7 Å². The molecule has 0 saturated heterocycles. The van der Waals surface area contributed by atoms with Gasteiger partial charge in [-0.2, -0.15) is 0 Å². The second-order valence-electron chi connectivity index (χ2n) is 4.27. The van der Waals surface area contributed by atoms with Crippen molar-refractivity contribution in [3.63, 3.8) is 0 Å². The van der Waals surface area contributed by atoms with Crippen LogP contribution in [0.25, 0.3) is 0 Å². The summed E-state index contributed by atoms with van der Waals surface area (Å²) in [5, 5.41) is 8.61. The molecule has 0 bridgehead atoms. The van der Waals surface area contributed by atoms with Crippen molar-refractivity contribution in [3.8, 4) is 0 Å². The standard InChI is InChI=1S/C13H13N3O4S/c17-13(18)6-3-10-1-4-12(5-2-10)21(19,20)16-11-7-14-9-15-8-11/h1-2,4-5,7-9,16H,3,6H2,(H,17,18). The minimum absolute atomic E-state index is 0.00566. The lowest BCUT2D eigenvalue weighted by molar-refractivity contribution is -0.136. The summed E-state index contributed by atoms with van der Waals surface area (Å²) in [6, 6.07) is 6.06. The number of hydrogen-bond donors (Lipinski definition) is 2. The highest BCUT2D eigenvalue weighted by atomic mass is 32.2. The molecule has 2 N–H and O–H groups in total. The van der Waals surface area contributed by atoms with Crippen LogP contribution in [-0.2, 0) is 21.2 Å². The van der Waals surface area contributed by atoms with E-state index in [0.717, 1.165) is 5.56 Å². The number of anilines is 1. The average molecular weight is 307 g/mol. The Morgan fingerprint density at radius 2 is 1.76 bits per heavy atom. The van der Waals surface area contributed by atoms with Crippen molar-refractivity contribution < 1.29 is 18.3 Å². The van der Waals surface area contributed by atoms with E-state index in [1.165, 1.54) is 30.9 Å². The van der Waals surface area contributed by atoms with Crippen LogP contribution in [-0.4, -0.2) is 29.5 Å². The molecule has 0 aliphatic heterocycles. The van der Waals surface area contributed by atoms with Crippen LogP contribution < -0.4 is 4.72 Å². The first kappa shape index (κ1) is 14.9. The average Bonchev–Trinajstić information content (AvgIpc) is 2.46. The summed E-state index contributed by atoms with van der Waals surface area (Å²) in [6.45, 7) is 0. The Balaban J connectivity index is 2.12. The fraction of sp³-hybridized carbons (Fsp3) is 0.154. The SMILES string of the molecule is O=C(O)CCc1ccc(S(=O)(=O)Nc2cncnc2)cc1. The molecule has 0 spiro atoms. The normalized spacial score (nSPS) is 11.0. The largest absolute Gasteiger partial charge is 0.481 e. The van der Waals surface area contributed by atoms with E-state index >= 15 is 0 Å². The topological polar surface area (TPSA) is 109 Å². The molecule has 1 aromatic heterocycles. The molecule has 0 radical (unpaired) electrons. The molecule has 0 aliphatic carbocycles. The van der Waals surface area contributed by atoms with Crippen LogP contribution in [0.2, 0.25) is 0 Å². The summed E-state index contributed by atoms with van der Waals surface area (Å²) in [7, 11) is -3.71. The van der Waals surface area contributed by atoms with Gasteiger partial charge in [0.05, 0.1) is 23.0 Å². The first-order chi connectivity index (χ1) is 9.97. The van der Waals surface area contributed by atoms with E-state index in [2.05, 4.69) is 14.7 Å². The van der Waals surface area contributed by atoms with Gasteiger partial charge in [-0.25, -0.2) is 18.4 Å². The molecule has 7 nitrogen and oxygen atoms in total. The quantitative estimate of drug-likeness (QED) is 0.832. The van der Waals surface area contributed by atoms with Crippen molar-refractivity contribution in [3.05, 3.63) is 48.5 Å². The third-order valence-electron chi connectivity index (χ3n) is 2.67. The lowest BCUT2D eigenvalue weighted by Gasteiger charge is -2.07. The number of nitrogens with one attached hydrogen (secondary N) is 1. The third kappa shape index (κ3) is 4.25. The number of carboxylic acids is 1. The maximum Gasteiger partial charge on any atom is 0.303 e. The molecule has 0 aliphatic rings. The van der Waals surface area contributed by atoms with Gasteiger partial charge in [0.2, 0.25) is 0 Å². The van der Waals surface area contributed by atoms with E-state index in [1.807, 2.05) is 0 Å². The minimum Gasteiger partial charge on any atom is -0.481 e. The fourth-order valence-electron chi connectivity index (χ4n) is 1.65. The zero-order valence-corrected chi connectivity index (χ0v) is 11.7. The Morgan fingerprint density at radius 1 is 1.14 bits per heavy atom. The number of sulfonamides is 1. The molecule has 0 amide bonds. The summed E-state index contributed by atoms with van der Waals surface area (Å²) in [6.07, 6.45) is 4.37. The second-order valence-corrected chi connectivity index (χ2v) is 5.95. The highest BCUT2D eigenvalue weighted by Crippen LogP contribution is 2.15. The van der Waals surface area contributed by atoms with Gasteiger partial charge in [0, 0.05) is 6.42 Å². The van der Waals surface area contributed by atoms with Crippen LogP contribution in [0, 0.1) is 0 Å². The molecular weight excluding hydrogens is 294 g/mol. The van der Waals surface area contributed by atoms with Crippen LogP contribution in [0.5, 0.6) is 0 Å². The Morgan fingerprint density at radius 3 is 2.33 bits per heavy atom. The van der Waals surface area contributed by atoms with Crippen molar-refractivity contribution >= 4 is 21.7 Å². The molecule has 2 rings (SSSR count). The predicted molar refractivity (Wildman–Crippen MR) is 75.2 cm³/mol. The molecule has 0 fully saturated rings. The highest BCUT2D eigenvalue weighted by molar-refractivity contribution is 7.92. The van der Waals surface area contributed by atoms with Gasteiger partial charge in [0.15, 0.2) is 0 Å². The fourth-order valence-corrected chi connectivity index (χ4v) is 2.68.